The fourth-order valence-corrected chi connectivity index (χ4v) is 2.48. The predicted octanol–water partition coefficient (Wildman–Crippen LogP) is 3.95. The summed E-state index contributed by atoms with van der Waals surface area (Å²) in [7, 11) is 0. The van der Waals surface area contributed by atoms with Crippen molar-refractivity contribution in [3.05, 3.63) is 70.8 Å². The standard InChI is InChI=1S/C19H25NO/c1-15-10-11-16(2)18(13-15)19(20)14-21-12-6-9-17-7-4-3-5-8-17/h3-5,7-8,10-11,13,19H,6,9,12,14,20H2,1-2H3. The van der Waals surface area contributed by atoms with Gasteiger partial charge in [-0.05, 0) is 43.4 Å². The van der Waals surface area contributed by atoms with Crippen LogP contribution in [0.15, 0.2) is 48.5 Å². The zero-order valence-electron chi connectivity index (χ0n) is 13.0. The third kappa shape index (κ3) is 5.00. The van der Waals surface area contributed by atoms with E-state index < -0.39 is 0 Å². The minimum absolute atomic E-state index is 0.0402. The number of hydrogen-bond donors (Lipinski definition) is 1. The molecule has 0 bridgehead atoms. The van der Waals surface area contributed by atoms with Crippen LogP contribution >= 0.6 is 0 Å². The second kappa shape index (κ2) is 7.96. The lowest BCUT2D eigenvalue weighted by Gasteiger charge is -2.16. The van der Waals surface area contributed by atoms with Crippen LogP contribution < -0.4 is 5.73 Å². The van der Waals surface area contributed by atoms with E-state index >= 15 is 0 Å². The highest BCUT2D eigenvalue weighted by Crippen LogP contribution is 2.17. The van der Waals surface area contributed by atoms with Crippen molar-refractivity contribution >= 4 is 0 Å². The smallest absolute Gasteiger partial charge is 0.0659 e. The number of rotatable bonds is 7. The number of hydrogen-bond acceptors (Lipinski definition) is 2. The van der Waals surface area contributed by atoms with Crippen LogP contribution in [0.4, 0.5) is 0 Å². The summed E-state index contributed by atoms with van der Waals surface area (Å²) in [5, 5.41) is 0. The van der Waals surface area contributed by atoms with Crippen LogP contribution in [0.3, 0.4) is 0 Å². The van der Waals surface area contributed by atoms with Gasteiger partial charge >= 0.3 is 0 Å². The number of aryl methyl sites for hydroxylation is 3. The summed E-state index contributed by atoms with van der Waals surface area (Å²) in [6.45, 7) is 5.53. The van der Waals surface area contributed by atoms with Crippen LogP contribution in [0.5, 0.6) is 0 Å². The Hall–Kier alpha value is -1.64. The number of nitrogens with two attached hydrogens (primary N) is 1. The third-order valence-corrected chi connectivity index (χ3v) is 3.73. The molecule has 0 aromatic heterocycles. The Bertz CT molecular complexity index is 551. The van der Waals surface area contributed by atoms with E-state index in [1.807, 2.05) is 6.07 Å². The summed E-state index contributed by atoms with van der Waals surface area (Å²) in [6.07, 6.45) is 2.09. The van der Waals surface area contributed by atoms with E-state index in [9.17, 15) is 0 Å². The van der Waals surface area contributed by atoms with Crippen molar-refractivity contribution in [1.29, 1.82) is 0 Å². The van der Waals surface area contributed by atoms with Crippen LogP contribution in [-0.2, 0) is 11.2 Å². The van der Waals surface area contributed by atoms with Gasteiger partial charge in [0, 0.05) is 6.61 Å². The highest BCUT2D eigenvalue weighted by molar-refractivity contribution is 5.32. The van der Waals surface area contributed by atoms with Crippen molar-refractivity contribution in [3.63, 3.8) is 0 Å². The molecule has 2 heteroatoms. The van der Waals surface area contributed by atoms with Crippen molar-refractivity contribution in [2.24, 2.45) is 5.73 Å². The first-order valence-electron chi connectivity index (χ1n) is 7.61. The summed E-state index contributed by atoms with van der Waals surface area (Å²) < 4.78 is 5.74. The molecule has 1 unspecified atom stereocenters. The minimum Gasteiger partial charge on any atom is -0.379 e. The normalized spacial score (nSPS) is 12.3. The van der Waals surface area contributed by atoms with Gasteiger partial charge in [0.15, 0.2) is 0 Å². The third-order valence-electron chi connectivity index (χ3n) is 3.73. The molecular formula is C19H25NO. The van der Waals surface area contributed by atoms with Gasteiger partial charge in [0.25, 0.3) is 0 Å². The molecule has 0 aliphatic rings. The summed E-state index contributed by atoms with van der Waals surface area (Å²) >= 11 is 0. The predicted molar refractivity (Wildman–Crippen MR) is 88.4 cm³/mol. The average molecular weight is 283 g/mol. The van der Waals surface area contributed by atoms with E-state index in [1.54, 1.807) is 0 Å². The van der Waals surface area contributed by atoms with Gasteiger partial charge in [0.1, 0.15) is 0 Å². The maximum absolute atomic E-state index is 6.23. The Labute approximate surface area is 127 Å². The highest BCUT2D eigenvalue weighted by atomic mass is 16.5. The van der Waals surface area contributed by atoms with Gasteiger partial charge in [-0.1, -0.05) is 54.1 Å². The van der Waals surface area contributed by atoms with E-state index in [4.69, 9.17) is 10.5 Å². The number of ether oxygens (including phenoxy) is 1. The topological polar surface area (TPSA) is 35.2 Å². The second-order valence-corrected chi connectivity index (χ2v) is 5.63. The van der Waals surface area contributed by atoms with Gasteiger partial charge in [0.05, 0.1) is 12.6 Å². The Morgan fingerprint density at radius 3 is 2.57 bits per heavy atom. The molecule has 0 heterocycles. The van der Waals surface area contributed by atoms with Gasteiger partial charge in [-0.2, -0.15) is 0 Å². The molecule has 0 saturated heterocycles. The zero-order valence-corrected chi connectivity index (χ0v) is 13.0. The van der Waals surface area contributed by atoms with E-state index in [0.717, 1.165) is 19.4 Å². The highest BCUT2D eigenvalue weighted by Gasteiger charge is 2.09. The van der Waals surface area contributed by atoms with Crippen molar-refractivity contribution in [3.8, 4) is 0 Å². The Balaban J connectivity index is 1.72. The Morgan fingerprint density at radius 1 is 1.05 bits per heavy atom. The van der Waals surface area contributed by atoms with Crippen LogP contribution in [0.1, 0.15) is 34.7 Å². The van der Waals surface area contributed by atoms with E-state index in [0.29, 0.717) is 6.61 Å². The molecule has 2 nitrogen and oxygen atoms in total. The van der Waals surface area contributed by atoms with Crippen LogP contribution in [-0.4, -0.2) is 13.2 Å². The maximum atomic E-state index is 6.23. The van der Waals surface area contributed by atoms with Crippen molar-refractivity contribution in [2.75, 3.05) is 13.2 Å². The molecule has 0 saturated carbocycles. The van der Waals surface area contributed by atoms with E-state index in [1.165, 1.54) is 22.3 Å². The molecule has 0 spiro atoms. The molecule has 2 N–H and O–H groups in total. The first-order valence-corrected chi connectivity index (χ1v) is 7.61. The summed E-state index contributed by atoms with van der Waals surface area (Å²) in [4.78, 5) is 0. The van der Waals surface area contributed by atoms with Crippen molar-refractivity contribution < 1.29 is 4.74 Å². The molecule has 112 valence electrons. The summed E-state index contributed by atoms with van der Waals surface area (Å²) in [6, 6.07) is 16.9. The molecule has 21 heavy (non-hydrogen) atoms. The van der Waals surface area contributed by atoms with Crippen LogP contribution in [0, 0.1) is 13.8 Å². The molecule has 0 radical (unpaired) electrons. The minimum atomic E-state index is -0.0402. The first-order chi connectivity index (χ1) is 10.2. The average Bonchev–Trinajstić information content (AvgIpc) is 2.50. The molecule has 2 rings (SSSR count). The molecule has 2 aromatic rings. The lowest BCUT2D eigenvalue weighted by molar-refractivity contribution is 0.119. The van der Waals surface area contributed by atoms with Crippen molar-refractivity contribution in [1.82, 2.24) is 0 Å². The largest absolute Gasteiger partial charge is 0.379 e. The monoisotopic (exact) mass is 283 g/mol. The second-order valence-electron chi connectivity index (χ2n) is 5.63. The van der Waals surface area contributed by atoms with Gasteiger partial charge in [-0.15, -0.1) is 0 Å². The molecule has 2 aromatic carbocycles. The summed E-state index contributed by atoms with van der Waals surface area (Å²) in [5.41, 5.74) is 11.3. The molecule has 0 aliphatic heterocycles. The maximum Gasteiger partial charge on any atom is 0.0659 e. The van der Waals surface area contributed by atoms with Crippen LogP contribution in [0.25, 0.3) is 0 Å². The Kier molecular flexibility index (Phi) is 5.97. The summed E-state index contributed by atoms with van der Waals surface area (Å²) in [5.74, 6) is 0. The fraction of sp³-hybridized carbons (Fsp3) is 0.368. The SMILES string of the molecule is Cc1ccc(C)c(C(N)COCCCc2ccccc2)c1. The number of benzene rings is 2. The lowest BCUT2D eigenvalue weighted by Crippen LogP contribution is -2.19. The molecule has 0 aliphatic carbocycles. The van der Waals surface area contributed by atoms with Crippen LogP contribution in [0.2, 0.25) is 0 Å². The first kappa shape index (κ1) is 15.7. The van der Waals surface area contributed by atoms with Gasteiger partial charge in [-0.3, -0.25) is 0 Å². The molecule has 1 atom stereocenters. The van der Waals surface area contributed by atoms with Gasteiger partial charge in [-0.25, -0.2) is 0 Å². The van der Waals surface area contributed by atoms with E-state index in [2.05, 4.69) is 56.3 Å². The molecule has 0 amide bonds. The Morgan fingerprint density at radius 2 is 1.81 bits per heavy atom. The fourth-order valence-electron chi connectivity index (χ4n) is 2.48. The molecular weight excluding hydrogens is 258 g/mol. The van der Waals surface area contributed by atoms with E-state index in [-0.39, 0.29) is 6.04 Å². The molecule has 0 fully saturated rings. The lowest BCUT2D eigenvalue weighted by atomic mass is 10.00. The zero-order chi connectivity index (χ0) is 15.1. The van der Waals surface area contributed by atoms with Gasteiger partial charge < -0.3 is 10.5 Å². The van der Waals surface area contributed by atoms with Gasteiger partial charge in [0.2, 0.25) is 0 Å². The van der Waals surface area contributed by atoms with Crippen molar-refractivity contribution in [2.45, 2.75) is 32.7 Å². The quantitative estimate of drug-likeness (QED) is 0.781.